The molecule has 0 spiro atoms. The Morgan fingerprint density at radius 3 is 1.75 bits per heavy atom. The van der Waals surface area contributed by atoms with E-state index in [4.69, 9.17) is 0 Å². The van der Waals surface area contributed by atoms with Gasteiger partial charge in [0, 0.05) is 41.3 Å². The Bertz CT molecular complexity index is 1990. The van der Waals surface area contributed by atoms with Crippen molar-refractivity contribution >= 4 is 28.9 Å². The lowest BCUT2D eigenvalue weighted by atomic mass is 9.94. The molecule has 0 aliphatic carbocycles. The number of nitrogens with one attached hydrogen (secondary N) is 1. The molecule has 6 heteroatoms. The molecule has 5 nitrogen and oxygen atoms in total. The van der Waals surface area contributed by atoms with Crippen LogP contribution in [0.2, 0.25) is 0 Å². The summed E-state index contributed by atoms with van der Waals surface area (Å²) >= 11 is 0. The van der Waals surface area contributed by atoms with E-state index in [9.17, 15) is 14.0 Å². The van der Waals surface area contributed by atoms with Gasteiger partial charge in [-0.15, -0.1) is 0 Å². The van der Waals surface area contributed by atoms with Crippen molar-refractivity contribution in [2.75, 3.05) is 10.2 Å². The summed E-state index contributed by atoms with van der Waals surface area (Å²) in [5, 5.41) is 3.14. The maximum absolute atomic E-state index is 14.3. The molecule has 1 aromatic heterocycles. The van der Waals surface area contributed by atoms with Gasteiger partial charge in [0.15, 0.2) is 0 Å². The number of para-hydroxylation sites is 3. The maximum Gasteiger partial charge on any atom is 0.258 e. The fourth-order valence-electron chi connectivity index (χ4n) is 6.81. The van der Waals surface area contributed by atoms with Gasteiger partial charge in [-0.3, -0.25) is 14.5 Å². The summed E-state index contributed by atoms with van der Waals surface area (Å²) in [5.74, 6) is -0.388. The number of hydrogen-bond donors (Lipinski definition) is 1. The molecule has 6 aromatic rings. The number of carbonyl (C=O) groups excluding carboxylic acids is 2. The van der Waals surface area contributed by atoms with E-state index in [1.807, 2.05) is 121 Å². The number of hydrogen-bond acceptors (Lipinski definition) is 2. The second-order valence-corrected chi connectivity index (χ2v) is 13.0. The molecule has 0 atom stereocenters. The summed E-state index contributed by atoms with van der Waals surface area (Å²) < 4.78 is 16.5. The lowest BCUT2D eigenvalue weighted by Crippen LogP contribution is -2.25. The summed E-state index contributed by atoms with van der Waals surface area (Å²) in [6, 6.07) is 45.6. The molecule has 258 valence electrons. The van der Waals surface area contributed by atoms with Crippen LogP contribution < -0.4 is 10.2 Å². The fraction of sp³-hybridized carbons (Fsp3) is 0.200. The second kappa shape index (κ2) is 16.8. The van der Waals surface area contributed by atoms with Gasteiger partial charge < -0.3 is 9.88 Å². The van der Waals surface area contributed by atoms with E-state index in [2.05, 4.69) is 23.7 Å². The number of anilines is 3. The molecule has 1 N–H and O–H groups in total. The number of aromatic nitrogens is 1. The molecule has 0 bridgehead atoms. The highest BCUT2D eigenvalue weighted by Crippen LogP contribution is 2.42. The number of benzene rings is 5. The van der Waals surface area contributed by atoms with E-state index in [0.29, 0.717) is 18.5 Å². The number of carbonyl (C=O) groups is 2. The number of unbranched alkanes of at least 4 members (excludes halogenated alkanes) is 3. The standard InChI is InChI=1S/C45H44FN3O2/c1-33(2)43-42(45(51)47-37-21-11-6-12-22-37)41(34-19-9-5-10-20-34)44(35-28-30-36(46)31-29-35)48(43)32-18-4-3-17-27-40(50)49(38-23-13-7-14-24-38)39-25-15-8-16-26-39/h5-16,19-26,28-31,33H,3-4,17-18,27,32H2,1-2H3,(H,47,51). The monoisotopic (exact) mass is 677 g/mol. The molecule has 0 aliphatic heterocycles. The van der Waals surface area contributed by atoms with Crippen LogP contribution in [0.1, 0.15) is 67.9 Å². The van der Waals surface area contributed by atoms with Crippen LogP contribution in [0.4, 0.5) is 21.5 Å². The summed E-state index contributed by atoms with van der Waals surface area (Å²) in [6.45, 7) is 4.91. The van der Waals surface area contributed by atoms with Crippen LogP contribution in [-0.4, -0.2) is 16.4 Å². The van der Waals surface area contributed by atoms with Gasteiger partial charge in [0.05, 0.1) is 11.3 Å². The van der Waals surface area contributed by atoms with Crippen LogP contribution in [-0.2, 0) is 11.3 Å². The minimum Gasteiger partial charge on any atom is -0.343 e. The normalized spacial score (nSPS) is 11.1. The van der Waals surface area contributed by atoms with E-state index < -0.39 is 0 Å². The van der Waals surface area contributed by atoms with Crippen LogP contribution in [0, 0.1) is 5.82 Å². The molecule has 2 amide bonds. The number of amides is 2. The SMILES string of the molecule is CC(C)c1c(C(=O)Nc2ccccc2)c(-c2ccccc2)c(-c2ccc(F)cc2)n1CCCCCCC(=O)N(c1ccccc1)c1ccccc1. The zero-order valence-corrected chi connectivity index (χ0v) is 29.3. The fourth-order valence-corrected chi connectivity index (χ4v) is 6.81. The van der Waals surface area contributed by atoms with Crippen LogP contribution in [0.5, 0.6) is 0 Å². The van der Waals surface area contributed by atoms with Crippen molar-refractivity contribution in [1.29, 1.82) is 0 Å². The molecule has 5 aromatic carbocycles. The zero-order chi connectivity index (χ0) is 35.6. The van der Waals surface area contributed by atoms with Crippen molar-refractivity contribution in [2.45, 2.75) is 58.4 Å². The van der Waals surface area contributed by atoms with Gasteiger partial charge >= 0.3 is 0 Å². The van der Waals surface area contributed by atoms with Crippen molar-refractivity contribution in [1.82, 2.24) is 4.57 Å². The van der Waals surface area contributed by atoms with Crippen molar-refractivity contribution in [3.63, 3.8) is 0 Å². The van der Waals surface area contributed by atoms with Gasteiger partial charge in [-0.1, -0.05) is 112 Å². The minimum absolute atomic E-state index is 0.0257. The first-order valence-electron chi connectivity index (χ1n) is 17.8. The molecule has 6 rings (SSSR count). The van der Waals surface area contributed by atoms with E-state index >= 15 is 0 Å². The van der Waals surface area contributed by atoms with Gasteiger partial charge in [-0.25, -0.2) is 4.39 Å². The molecular formula is C45H44FN3O2. The quantitative estimate of drug-likeness (QED) is 0.117. The highest BCUT2D eigenvalue weighted by atomic mass is 19.1. The molecule has 0 saturated heterocycles. The highest BCUT2D eigenvalue weighted by Gasteiger charge is 2.30. The first-order chi connectivity index (χ1) is 24.9. The van der Waals surface area contributed by atoms with Gasteiger partial charge in [0.25, 0.3) is 5.91 Å². The highest BCUT2D eigenvalue weighted by molar-refractivity contribution is 6.12. The van der Waals surface area contributed by atoms with Crippen molar-refractivity contribution < 1.29 is 14.0 Å². The zero-order valence-electron chi connectivity index (χ0n) is 29.3. The number of halogens is 1. The molecule has 0 fully saturated rings. The summed E-state index contributed by atoms with van der Waals surface area (Å²) in [4.78, 5) is 29.7. The lowest BCUT2D eigenvalue weighted by molar-refractivity contribution is -0.118. The third-order valence-electron chi connectivity index (χ3n) is 9.09. The second-order valence-electron chi connectivity index (χ2n) is 13.0. The number of nitrogens with zero attached hydrogens (tertiary/aromatic N) is 2. The molecule has 0 radical (unpaired) electrons. The van der Waals surface area contributed by atoms with Crippen LogP contribution in [0.3, 0.4) is 0 Å². The molecule has 0 unspecified atom stereocenters. The van der Waals surface area contributed by atoms with E-state index in [-0.39, 0.29) is 23.5 Å². The van der Waals surface area contributed by atoms with Crippen molar-refractivity contribution in [3.8, 4) is 22.4 Å². The lowest BCUT2D eigenvalue weighted by Gasteiger charge is -2.23. The van der Waals surface area contributed by atoms with Gasteiger partial charge in [-0.05, 0) is 90.6 Å². The molecule has 1 heterocycles. The van der Waals surface area contributed by atoms with Crippen LogP contribution >= 0.6 is 0 Å². The summed E-state index contributed by atoms with van der Waals surface area (Å²) in [5.41, 5.74) is 7.53. The van der Waals surface area contributed by atoms with Gasteiger partial charge in [0.2, 0.25) is 5.91 Å². The Kier molecular flexibility index (Phi) is 11.5. The Morgan fingerprint density at radius 1 is 0.647 bits per heavy atom. The predicted molar refractivity (Wildman–Crippen MR) is 207 cm³/mol. The first-order valence-corrected chi connectivity index (χ1v) is 17.8. The average molecular weight is 678 g/mol. The maximum atomic E-state index is 14.3. The van der Waals surface area contributed by atoms with Gasteiger partial charge in [-0.2, -0.15) is 0 Å². The first kappa shape index (κ1) is 35.1. The Morgan fingerprint density at radius 2 is 1.18 bits per heavy atom. The predicted octanol–water partition coefficient (Wildman–Crippen LogP) is 11.7. The third kappa shape index (κ3) is 8.35. The van der Waals surface area contributed by atoms with Crippen molar-refractivity contribution in [2.24, 2.45) is 0 Å². The van der Waals surface area contributed by atoms with E-state index in [1.54, 1.807) is 17.0 Å². The van der Waals surface area contributed by atoms with E-state index in [0.717, 1.165) is 70.8 Å². The molecule has 0 aliphatic rings. The molecular weight excluding hydrogens is 634 g/mol. The molecule has 0 saturated carbocycles. The van der Waals surface area contributed by atoms with Crippen molar-refractivity contribution in [3.05, 3.63) is 163 Å². The molecule has 51 heavy (non-hydrogen) atoms. The minimum atomic E-state index is -0.308. The smallest absolute Gasteiger partial charge is 0.258 e. The Labute approximate surface area is 300 Å². The topological polar surface area (TPSA) is 54.3 Å². The largest absolute Gasteiger partial charge is 0.343 e. The number of rotatable bonds is 14. The van der Waals surface area contributed by atoms with Crippen LogP contribution in [0.15, 0.2) is 146 Å². The average Bonchev–Trinajstić information content (AvgIpc) is 3.50. The van der Waals surface area contributed by atoms with E-state index in [1.165, 1.54) is 12.1 Å². The third-order valence-corrected chi connectivity index (χ3v) is 9.09. The van der Waals surface area contributed by atoms with Crippen LogP contribution in [0.25, 0.3) is 22.4 Å². The Balaban J connectivity index is 1.27. The Hall–Kier alpha value is -5.75. The summed E-state index contributed by atoms with van der Waals surface area (Å²) in [7, 11) is 0. The van der Waals surface area contributed by atoms with Gasteiger partial charge in [0.1, 0.15) is 5.82 Å². The summed E-state index contributed by atoms with van der Waals surface area (Å²) in [6.07, 6.45) is 3.86.